The van der Waals surface area contributed by atoms with Crippen LogP contribution in [0.2, 0.25) is 0 Å². The van der Waals surface area contributed by atoms with E-state index in [1.165, 1.54) is 24.3 Å². The maximum atomic E-state index is 12.6. The lowest BCUT2D eigenvalue weighted by Gasteiger charge is -2.17. The molecule has 0 spiro atoms. The minimum Gasteiger partial charge on any atom is -0.390 e. The molecule has 1 aromatic carbocycles. The Kier molecular flexibility index (Phi) is 4.72. The molecule has 2 atom stereocenters. The van der Waals surface area contributed by atoms with Gasteiger partial charge in [0, 0.05) is 0 Å². The van der Waals surface area contributed by atoms with E-state index in [1.54, 1.807) is 0 Å². The van der Waals surface area contributed by atoms with Crippen LogP contribution in [0.5, 0.6) is 0 Å². The maximum Gasteiger partial charge on any atom is 0.123 e. The Bertz CT molecular complexity index is 284. The monoisotopic (exact) mass is 212 g/mol. The molecule has 1 aromatic rings. The number of aliphatic hydroxyl groups excluding tert-OH is 2. The molecule has 0 saturated carbocycles. The maximum absolute atomic E-state index is 12.6. The highest BCUT2D eigenvalue weighted by Crippen LogP contribution is 2.20. The molecule has 1 rings (SSSR count). The van der Waals surface area contributed by atoms with Gasteiger partial charge in [0.15, 0.2) is 0 Å². The first-order valence-electron chi connectivity index (χ1n) is 5.26. The van der Waals surface area contributed by atoms with Gasteiger partial charge in [-0.15, -0.1) is 0 Å². The lowest BCUT2D eigenvalue weighted by Crippen LogP contribution is -2.17. The molecule has 2 nitrogen and oxygen atoms in total. The van der Waals surface area contributed by atoms with Crippen LogP contribution in [0.4, 0.5) is 4.39 Å². The van der Waals surface area contributed by atoms with E-state index in [4.69, 9.17) is 0 Å². The van der Waals surface area contributed by atoms with E-state index < -0.39 is 12.2 Å². The summed E-state index contributed by atoms with van der Waals surface area (Å²) in [6, 6.07) is 5.56. The molecule has 0 unspecified atom stereocenters. The summed E-state index contributed by atoms with van der Waals surface area (Å²) in [5.41, 5.74) is 0.556. The number of aliphatic hydroxyl groups is 2. The molecule has 0 heterocycles. The van der Waals surface area contributed by atoms with Gasteiger partial charge in [-0.3, -0.25) is 0 Å². The minimum atomic E-state index is -0.919. The van der Waals surface area contributed by atoms with Crippen LogP contribution in [0.15, 0.2) is 24.3 Å². The van der Waals surface area contributed by atoms with Crippen LogP contribution in [0.3, 0.4) is 0 Å². The zero-order chi connectivity index (χ0) is 11.3. The number of rotatable bonds is 5. The van der Waals surface area contributed by atoms with E-state index in [2.05, 4.69) is 0 Å². The van der Waals surface area contributed by atoms with Crippen molar-refractivity contribution in [3.05, 3.63) is 35.6 Å². The molecule has 0 aliphatic carbocycles. The fraction of sp³-hybridized carbons (Fsp3) is 0.500. The highest BCUT2D eigenvalue weighted by atomic mass is 19.1. The van der Waals surface area contributed by atoms with Gasteiger partial charge >= 0.3 is 0 Å². The van der Waals surface area contributed by atoms with Crippen molar-refractivity contribution in [2.45, 2.75) is 38.4 Å². The van der Waals surface area contributed by atoms with Gasteiger partial charge in [0.05, 0.1) is 6.10 Å². The molecule has 0 aliphatic heterocycles. The highest BCUT2D eigenvalue weighted by molar-refractivity contribution is 5.19. The Morgan fingerprint density at radius 1 is 1.20 bits per heavy atom. The van der Waals surface area contributed by atoms with Crippen molar-refractivity contribution in [1.29, 1.82) is 0 Å². The SMILES string of the molecule is CCCC[C@@H](O)[C@H](O)c1ccc(F)cc1. The van der Waals surface area contributed by atoms with E-state index in [0.717, 1.165) is 12.8 Å². The predicted molar refractivity (Wildman–Crippen MR) is 56.9 cm³/mol. The minimum absolute atomic E-state index is 0.339. The third-order valence-corrected chi connectivity index (χ3v) is 2.43. The smallest absolute Gasteiger partial charge is 0.123 e. The van der Waals surface area contributed by atoms with Gasteiger partial charge in [0.1, 0.15) is 11.9 Å². The second-order valence-corrected chi connectivity index (χ2v) is 3.71. The molecule has 0 bridgehead atoms. The average Bonchev–Trinajstić information content (AvgIpc) is 2.26. The first-order valence-corrected chi connectivity index (χ1v) is 5.26. The van der Waals surface area contributed by atoms with Gasteiger partial charge in [-0.2, -0.15) is 0 Å². The molecule has 15 heavy (non-hydrogen) atoms. The third kappa shape index (κ3) is 3.61. The fourth-order valence-corrected chi connectivity index (χ4v) is 1.45. The summed E-state index contributed by atoms with van der Waals surface area (Å²) < 4.78 is 12.6. The zero-order valence-corrected chi connectivity index (χ0v) is 8.86. The van der Waals surface area contributed by atoms with Crippen molar-refractivity contribution in [2.75, 3.05) is 0 Å². The van der Waals surface area contributed by atoms with Gasteiger partial charge in [-0.25, -0.2) is 4.39 Å². The molecule has 0 amide bonds. The summed E-state index contributed by atoms with van der Waals surface area (Å²) in [5.74, 6) is -0.339. The van der Waals surface area contributed by atoms with E-state index in [0.29, 0.717) is 12.0 Å². The predicted octanol–water partition coefficient (Wildman–Crippen LogP) is 2.41. The van der Waals surface area contributed by atoms with Crippen molar-refractivity contribution in [2.24, 2.45) is 0 Å². The standard InChI is InChI=1S/C12H17FO2/c1-2-3-4-11(14)12(15)9-5-7-10(13)8-6-9/h5-8,11-12,14-15H,2-4H2,1H3/t11-,12-/m1/s1. The van der Waals surface area contributed by atoms with Crippen LogP contribution < -0.4 is 0 Å². The molecule has 84 valence electrons. The van der Waals surface area contributed by atoms with Crippen LogP contribution in [-0.2, 0) is 0 Å². The number of hydrogen-bond donors (Lipinski definition) is 2. The van der Waals surface area contributed by atoms with Gasteiger partial charge in [0.25, 0.3) is 0 Å². The first kappa shape index (κ1) is 12.1. The highest BCUT2D eigenvalue weighted by Gasteiger charge is 2.17. The molecule has 0 saturated heterocycles. The molecular weight excluding hydrogens is 195 g/mol. The largest absolute Gasteiger partial charge is 0.390 e. The molecule has 2 N–H and O–H groups in total. The van der Waals surface area contributed by atoms with Crippen LogP contribution in [0, 0.1) is 5.82 Å². The average molecular weight is 212 g/mol. The summed E-state index contributed by atoms with van der Waals surface area (Å²) in [5, 5.41) is 19.4. The quantitative estimate of drug-likeness (QED) is 0.786. The van der Waals surface area contributed by atoms with Crippen molar-refractivity contribution < 1.29 is 14.6 Å². The summed E-state index contributed by atoms with van der Waals surface area (Å²) >= 11 is 0. The summed E-state index contributed by atoms with van der Waals surface area (Å²) in [6.07, 6.45) is 0.731. The van der Waals surface area contributed by atoms with Crippen LogP contribution >= 0.6 is 0 Å². The van der Waals surface area contributed by atoms with E-state index in [1.807, 2.05) is 6.92 Å². The Labute approximate surface area is 89.4 Å². The van der Waals surface area contributed by atoms with Crippen molar-refractivity contribution in [3.8, 4) is 0 Å². The van der Waals surface area contributed by atoms with Crippen molar-refractivity contribution >= 4 is 0 Å². The molecule has 0 fully saturated rings. The summed E-state index contributed by atoms with van der Waals surface area (Å²) in [4.78, 5) is 0. The summed E-state index contributed by atoms with van der Waals surface area (Å²) in [7, 11) is 0. The van der Waals surface area contributed by atoms with E-state index >= 15 is 0 Å². The third-order valence-electron chi connectivity index (χ3n) is 2.43. The molecule has 0 aliphatic rings. The molecular formula is C12H17FO2. The lowest BCUT2D eigenvalue weighted by atomic mass is 10.0. The molecule has 3 heteroatoms. The van der Waals surface area contributed by atoms with Crippen molar-refractivity contribution in [3.63, 3.8) is 0 Å². The number of halogens is 1. The Hall–Kier alpha value is -0.930. The fourth-order valence-electron chi connectivity index (χ4n) is 1.45. The van der Waals surface area contributed by atoms with Gasteiger partial charge in [0.2, 0.25) is 0 Å². The zero-order valence-electron chi connectivity index (χ0n) is 8.86. The number of hydrogen-bond acceptors (Lipinski definition) is 2. The van der Waals surface area contributed by atoms with Crippen LogP contribution in [0.25, 0.3) is 0 Å². The summed E-state index contributed by atoms with van der Waals surface area (Å²) in [6.45, 7) is 2.02. The molecule has 0 aromatic heterocycles. The number of benzene rings is 1. The lowest BCUT2D eigenvalue weighted by molar-refractivity contribution is 0.0122. The van der Waals surface area contributed by atoms with E-state index in [-0.39, 0.29) is 5.82 Å². The Morgan fingerprint density at radius 2 is 1.80 bits per heavy atom. The second kappa shape index (κ2) is 5.83. The topological polar surface area (TPSA) is 40.5 Å². The van der Waals surface area contributed by atoms with Gasteiger partial charge < -0.3 is 10.2 Å². The van der Waals surface area contributed by atoms with E-state index in [9.17, 15) is 14.6 Å². The van der Waals surface area contributed by atoms with Gasteiger partial charge in [-0.1, -0.05) is 31.9 Å². The van der Waals surface area contributed by atoms with Crippen LogP contribution in [-0.4, -0.2) is 16.3 Å². The van der Waals surface area contributed by atoms with Gasteiger partial charge in [-0.05, 0) is 24.1 Å². The second-order valence-electron chi connectivity index (χ2n) is 3.71. The molecule has 0 radical (unpaired) electrons. The Balaban J connectivity index is 2.59. The number of unbranched alkanes of at least 4 members (excludes halogenated alkanes) is 1. The van der Waals surface area contributed by atoms with Crippen molar-refractivity contribution in [1.82, 2.24) is 0 Å². The van der Waals surface area contributed by atoms with Crippen LogP contribution in [0.1, 0.15) is 37.9 Å². The Morgan fingerprint density at radius 3 is 2.33 bits per heavy atom. The first-order chi connectivity index (χ1) is 7.15. The normalized spacial score (nSPS) is 14.9.